The molecule has 0 radical (unpaired) electrons. The molecular weight excluding hydrogens is 306 g/mol. The Hall–Kier alpha value is -1.72. The molecule has 0 bridgehead atoms. The third kappa shape index (κ3) is 4.62. The molecule has 1 aromatic carbocycles. The highest BCUT2D eigenvalue weighted by atomic mass is 32.1. The Morgan fingerprint density at radius 1 is 1.35 bits per heavy atom. The maximum Gasteiger partial charge on any atom is 0.239 e. The minimum Gasteiger partial charge on any atom is -0.354 e. The summed E-state index contributed by atoms with van der Waals surface area (Å²) in [6.07, 6.45) is 2.31. The normalized spacial score (nSPS) is 13.6. The van der Waals surface area contributed by atoms with Crippen molar-refractivity contribution in [2.75, 3.05) is 6.54 Å². The molecule has 1 aromatic heterocycles. The van der Waals surface area contributed by atoms with Crippen LogP contribution in [0.5, 0.6) is 0 Å². The lowest BCUT2D eigenvalue weighted by molar-refractivity contribution is -0.126. The van der Waals surface area contributed by atoms with E-state index >= 15 is 0 Å². The average molecular weight is 331 g/mol. The standard InChI is InChI=1S/C18H25N3OS/c1-4-11-18(3,19)17(22)20-12-10-15-21-16(13(2)23-15)14-8-6-5-7-9-14/h5-9H,4,10-12,19H2,1-3H3,(H,20,22). The van der Waals surface area contributed by atoms with Gasteiger partial charge in [0.05, 0.1) is 16.2 Å². The van der Waals surface area contributed by atoms with Gasteiger partial charge in [-0.25, -0.2) is 4.98 Å². The van der Waals surface area contributed by atoms with Crippen LogP contribution in [-0.2, 0) is 11.2 Å². The number of aryl methyl sites for hydroxylation is 1. The molecule has 0 aliphatic carbocycles. The number of nitrogens with two attached hydrogens (primary N) is 1. The third-order valence-electron chi connectivity index (χ3n) is 3.80. The molecule has 0 saturated carbocycles. The van der Waals surface area contributed by atoms with Gasteiger partial charge in [0.15, 0.2) is 0 Å². The van der Waals surface area contributed by atoms with E-state index in [1.54, 1.807) is 18.3 Å². The van der Waals surface area contributed by atoms with Crippen molar-refractivity contribution in [1.82, 2.24) is 10.3 Å². The summed E-state index contributed by atoms with van der Waals surface area (Å²) in [6.45, 7) is 6.46. The van der Waals surface area contributed by atoms with Crippen LogP contribution in [0.25, 0.3) is 11.3 Å². The molecule has 0 aliphatic rings. The van der Waals surface area contributed by atoms with Crippen LogP contribution in [0.3, 0.4) is 0 Å². The van der Waals surface area contributed by atoms with Crippen LogP contribution in [0.15, 0.2) is 30.3 Å². The molecule has 0 aliphatic heterocycles. The Morgan fingerprint density at radius 2 is 2.04 bits per heavy atom. The molecule has 0 spiro atoms. The van der Waals surface area contributed by atoms with E-state index in [4.69, 9.17) is 10.7 Å². The van der Waals surface area contributed by atoms with Crippen LogP contribution in [0.1, 0.15) is 36.6 Å². The Labute approximate surface area is 142 Å². The van der Waals surface area contributed by atoms with Gasteiger partial charge in [-0.2, -0.15) is 0 Å². The summed E-state index contributed by atoms with van der Waals surface area (Å²) in [5.74, 6) is -0.0871. The fraction of sp³-hybridized carbons (Fsp3) is 0.444. The number of hydrogen-bond acceptors (Lipinski definition) is 4. The second kappa shape index (κ2) is 7.70. The van der Waals surface area contributed by atoms with Crippen molar-refractivity contribution in [3.05, 3.63) is 40.2 Å². The number of benzene rings is 1. The molecule has 1 amide bonds. The fourth-order valence-electron chi connectivity index (χ4n) is 2.54. The monoisotopic (exact) mass is 331 g/mol. The van der Waals surface area contributed by atoms with Gasteiger partial charge < -0.3 is 11.1 Å². The summed E-state index contributed by atoms with van der Waals surface area (Å²) in [6, 6.07) is 10.2. The van der Waals surface area contributed by atoms with Gasteiger partial charge >= 0.3 is 0 Å². The van der Waals surface area contributed by atoms with E-state index in [0.717, 1.165) is 29.1 Å². The minimum atomic E-state index is -0.789. The highest BCUT2D eigenvalue weighted by Gasteiger charge is 2.26. The molecule has 1 heterocycles. The molecule has 4 nitrogen and oxygen atoms in total. The van der Waals surface area contributed by atoms with E-state index in [-0.39, 0.29) is 5.91 Å². The first-order valence-corrected chi connectivity index (χ1v) is 8.84. The molecule has 3 N–H and O–H groups in total. The quantitative estimate of drug-likeness (QED) is 0.818. The molecule has 23 heavy (non-hydrogen) atoms. The second-order valence-electron chi connectivity index (χ2n) is 6.05. The lowest BCUT2D eigenvalue weighted by atomic mass is 9.96. The Bertz CT molecular complexity index is 650. The van der Waals surface area contributed by atoms with Crippen molar-refractivity contribution in [2.24, 2.45) is 5.73 Å². The third-order valence-corrected chi connectivity index (χ3v) is 4.83. The molecule has 1 unspecified atom stereocenters. The number of hydrogen-bond donors (Lipinski definition) is 2. The smallest absolute Gasteiger partial charge is 0.239 e. The Kier molecular flexibility index (Phi) is 5.91. The van der Waals surface area contributed by atoms with Gasteiger partial charge in [-0.3, -0.25) is 4.79 Å². The van der Waals surface area contributed by atoms with E-state index in [1.807, 2.05) is 25.1 Å². The van der Waals surface area contributed by atoms with Gasteiger partial charge in [0.1, 0.15) is 0 Å². The number of amides is 1. The molecule has 2 aromatic rings. The zero-order valence-electron chi connectivity index (χ0n) is 14.1. The summed E-state index contributed by atoms with van der Waals surface area (Å²) in [5.41, 5.74) is 7.41. The summed E-state index contributed by atoms with van der Waals surface area (Å²) >= 11 is 1.68. The SMILES string of the molecule is CCCC(C)(N)C(=O)NCCc1nc(-c2ccccc2)c(C)s1. The molecular formula is C18H25N3OS. The topological polar surface area (TPSA) is 68.0 Å². The predicted molar refractivity (Wildman–Crippen MR) is 96.5 cm³/mol. The first-order valence-electron chi connectivity index (χ1n) is 8.03. The molecule has 1 atom stereocenters. The fourth-order valence-corrected chi connectivity index (χ4v) is 3.49. The molecule has 124 valence electrons. The van der Waals surface area contributed by atoms with Crippen molar-refractivity contribution < 1.29 is 4.79 Å². The first-order chi connectivity index (χ1) is 10.9. The highest BCUT2D eigenvalue weighted by Crippen LogP contribution is 2.27. The number of thiazole rings is 1. The number of carbonyl (C=O) groups is 1. The van der Waals surface area contributed by atoms with Crippen molar-refractivity contribution >= 4 is 17.2 Å². The predicted octanol–water partition coefficient (Wildman–Crippen LogP) is 3.29. The summed E-state index contributed by atoms with van der Waals surface area (Å²) in [7, 11) is 0. The van der Waals surface area contributed by atoms with Crippen molar-refractivity contribution in [2.45, 2.75) is 45.6 Å². The summed E-state index contributed by atoms with van der Waals surface area (Å²) < 4.78 is 0. The van der Waals surface area contributed by atoms with E-state index in [1.165, 1.54) is 4.88 Å². The van der Waals surface area contributed by atoms with Gasteiger partial charge in [0.2, 0.25) is 5.91 Å². The largest absolute Gasteiger partial charge is 0.354 e. The van der Waals surface area contributed by atoms with E-state index in [9.17, 15) is 4.79 Å². The molecule has 5 heteroatoms. The zero-order chi connectivity index (χ0) is 16.9. The number of aromatic nitrogens is 1. The number of nitrogens with zero attached hydrogens (tertiary/aromatic N) is 1. The number of nitrogens with one attached hydrogen (secondary N) is 1. The van der Waals surface area contributed by atoms with Gasteiger partial charge in [-0.05, 0) is 20.3 Å². The van der Waals surface area contributed by atoms with Crippen molar-refractivity contribution in [3.8, 4) is 11.3 Å². The summed E-state index contributed by atoms with van der Waals surface area (Å²) in [4.78, 5) is 18.0. The lowest BCUT2D eigenvalue weighted by Crippen LogP contribution is -2.51. The van der Waals surface area contributed by atoms with Crippen LogP contribution in [0.4, 0.5) is 0 Å². The van der Waals surface area contributed by atoms with Gasteiger partial charge in [0.25, 0.3) is 0 Å². The van der Waals surface area contributed by atoms with Crippen molar-refractivity contribution in [3.63, 3.8) is 0 Å². The lowest BCUT2D eigenvalue weighted by Gasteiger charge is -2.22. The maximum absolute atomic E-state index is 12.1. The van der Waals surface area contributed by atoms with E-state index in [2.05, 4.69) is 24.4 Å². The van der Waals surface area contributed by atoms with Crippen LogP contribution in [-0.4, -0.2) is 23.0 Å². The Balaban J connectivity index is 1.94. The van der Waals surface area contributed by atoms with Gasteiger partial charge in [-0.1, -0.05) is 43.7 Å². The van der Waals surface area contributed by atoms with Crippen LogP contribution in [0, 0.1) is 6.92 Å². The number of carbonyl (C=O) groups excluding carboxylic acids is 1. The van der Waals surface area contributed by atoms with Crippen molar-refractivity contribution in [1.29, 1.82) is 0 Å². The average Bonchev–Trinajstić information content (AvgIpc) is 2.89. The minimum absolute atomic E-state index is 0.0871. The zero-order valence-corrected chi connectivity index (χ0v) is 14.9. The van der Waals surface area contributed by atoms with Gasteiger partial charge in [0, 0.05) is 23.4 Å². The Morgan fingerprint density at radius 3 is 2.70 bits per heavy atom. The van der Waals surface area contributed by atoms with Crippen LogP contribution < -0.4 is 11.1 Å². The van der Waals surface area contributed by atoms with Crippen LogP contribution >= 0.6 is 11.3 Å². The van der Waals surface area contributed by atoms with E-state index < -0.39 is 5.54 Å². The highest BCUT2D eigenvalue weighted by molar-refractivity contribution is 7.12. The maximum atomic E-state index is 12.1. The number of rotatable bonds is 7. The van der Waals surface area contributed by atoms with E-state index in [0.29, 0.717) is 13.0 Å². The molecule has 0 saturated heterocycles. The van der Waals surface area contributed by atoms with Gasteiger partial charge in [-0.15, -0.1) is 11.3 Å². The second-order valence-corrected chi connectivity index (χ2v) is 7.34. The van der Waals surface area contributed by atoms with Crippen LogP contribution in [0.2, 0.25) is 0 Å². The first kappa shape index (κ1) is 17.6. The molecule has 0 fully saturated rings. The molecule has 2 rings (SSSR count). The summed E-state index contributed by atoms with van der Waals surface area (Å²) in [5, 5.41) is 3.97.